The van der Waals surface area contributed by atoms with Crippen molar-refractivity contribution in [1.82, 2.24) is 0 Å². The molecule has 5 nitrogen and oxygen atoms in total. The van der Waals surface area contributed by atoms with Crippen molar-refractivity contribution in [2.75, 3.05) is 0 Å². The van der Waals surface area contributed by atoms with E-state index in [2.05, 4.69) is 0 Å². The lowest BCUT2D eigenvalue weighted by Crippen LogP contribution is -2.20. The molecule has 5 heteroatoms. The van der Waals surface area contributed by atoms with Gasteiger partial charge in [0.05, 0.1) is 24.4 Å². The highest BCUT2D eigenvalue weighted by Crippen LogP contribution is 2.36. The fourth-order valence-electron chi connectivity index (χ4n) is 4.08. The van der Waals surface area contributed by atoms with Gasteiger partial charge < -0.3 is 20.1 Å². The molecule has 2 rings (SSSR count). The molecule has 0 amide bonds. The molecule has 3 N–H and O–H groups in total. The summed E-state index contributed by atoms with van der Waals surface area (Å²) in [5, 5.41) is 31.0. The number of rotatable bonds is 12. The fourth-order valence-corrected chi connectivity index (χ4v) is 4.08. The van der Waals surface area contributed by atoms with E-state index < -0.39 is 18.3 Å². The summed E-state index contributed by atoms with van der Waals surface area (Å²) in [6.07, 6.45) is 10.2. The Morgan fingerprint density at radius 3 is 2.61 bits per heavy atom. The second-order valence-electron chi connectivity index (χ2n) is 8.73. The van der Waals surface area contributed by atoms with Crippen LogP contribution >= 0.6 is 0 Å². The summed E-state index contributed by atoms with van der Waals surface area (Å²) < 4.78 is 5.11. The van der Waals surface area contributed by atoms with Gasteiger partial charge >= 0.3 is 5.97 Å². The molecular weight excluding hydrogens is 392 g/mol. The molecule has 0 aliphatic heterocycles. The summed E-state index contributed by atoms with van der Waals surface area (Å²) in [4.78, 5) is 11.5. The summed E-state index contributed by atoms with van der Waals surface area (Å²) in [6, 6.07) is 10.0. The Morgan fingerprint density at radius 2 is 1.90 bits per heavy atom. The Hall–Kier alpha value is -1.95. The van der Waals surface area contributed by atoms with Crippen LogP contribution in [0.2, 0.25) is 0 Å². The van der Waals surface area contributed by atoms with Gasteiger partial charge in [-0.3, -0.25) is 4.79 Å². The molecule has 0 aromatic heterocycles. The van der Waals surface area contributed by atoms with Gasteiger partial charge in [0.2, 0.25) is 0 Å². The van der Waals surface area contributed by atoms with Crippen molar-refractivity contribution >= 4 is 5.97 Å². The number of aryl methyl sites for hydroxylation is 1. The predicted molar refractivity (Wildman–Crippen MR) is 122 cm³/mol. The lowest BCUT2D eigenvalue weighted by Gasteiger charge is -2.19. The van der Waals surface area contributed by atoms with E-state index in [9.17, 15) is 20.1 Å². The van der Waals surface area contributed by atoms with Gasteiger partial charge in [0.25, 0.3) is 0 Å². The maximum atomic E-state index is 11.5. The van der Waals surface area contributed by atoms with Crippen molar-refractivity contribution in [3.05, 3.63) is 60.2 Å². The largest absolute Gasteiger partial charge is 0.463 e. The molecule has 0 bridgehead atoms. The molecule has 31 heavy (non-hydrogen) atoms. The maximum Gasteiger partial charge on any atom is 0.306 e. The first kappa shape index (κ1) is 25.3. The van der Waals surface area contributed by atoms with Crippen LogP contribution in [0, 0.1) is 11.8 Å². The van der Waals surface area contributed by atoms with Crippen LogP contribution in [-0.4, -0.2) is 45.7 Å². The Bertz CT molecular complexity index is 697. The molecule has 5 atom stereocenters. The summed E-state index contributed by atoms with van der Waals surface area (Å²) in [5.74, 6) is -0.421. The van der Waals surface area contributed by atoms with Crippen molar-refractivity contribution in [3.8, 4) is 0 Å². The standard InChI is InChI=1S/C26H38O5/c1-19(2)31-26(30)13-9-4-3-8-12-22-23(25(29)18-24(22)28)17-16-21(27)15-14-20-10-6-5-7-11-20/h3,5-8,10-11,16-17,19,21-25,27-29H,4,9,12-15,18H2,1-2H3/b8-3-,17-16+/t21-,22+,23+,24-,25+/m0/s1. The van der Waals surface area contributed by atoms with E-state index >= 15 is 0 Å². The number of esters is 1. The normalized spacial score (nSPS) is 25.0. The quantitative estimate of drug-likeness (QED) is 0.265. The average Bonchev–Trinajstić information content (AvgIpc) is 3.00. The molecule has 1 saturated carbocycles. The molecule has 1 aliphatic carbocycles. The lowest BCUT2D eigenvalue weighted by atomic mass is 9.89. The molecule has 1 aliphatic rings. The number of hydrogen-bond donors (Lipinski definition) is 3. The number of carbonyl (C=O) groups is 1. The minimum Gasteiger partial charge on any atom is -0.463 e. The molecule has 0 radical (unpaired) electrons. The van der Waals surface area contributed by atoms with Gasteiger partial charge in [-0.2, -0.15) is 0 Å². The van der Waals surface area contributed by atoms with Gasteiger partial charge in [0.1, 0.15) is 0 Å². The number of aliphatic hydroxyl groups is 3. The smallest absolute Gasteiger partial charge is 0.306 e. The first-order chi connectivity index (χ1) is 14.9. The second kappa shape index (κ2) is 13.5. The monoisotopic (exact) mass is 430 g/mol. The third-order valence-corrected chi connectivity index (χ3v) is 5.74. The van der Waals surface area contributed by atoms with Gasteiger partial charge in [-0.1, -0.05) is 54.6 Å². The van der Waals surface area contributed by atoms with Crippen molar-refractivity contribution < 1.29 is 24.9 Å². The number of hydrogen-bond acceptors (Lipinski definition) is 5. The highest BCUT2D eigenvalue weighted by molar-refractivity contribution is 5.69. The van der Waals surface area contributed by atoms with E-state index in [-0.39, 0.29) is 23.9 Å². The van der Waals surface area contributed by atoms with E-state index in [0.717, 1.165) is 19.3 Å². The van der Waals surface area contributed by atoms with Crippen LogP contribution in [0.15, 0.2) is 54.6 Å². The lowest BCUT2D eigenvalue weighted by molar-refractivity contribution is -0.147. The van der Waals surface area contributed by atoms with Gasteiger partial charge in [0.15, 0.2) is 0 Å². The summed E-state index contributed by atoms with van der Waals surface area (Å²) in [7, 11) is 0. The van der Waals surface area contributed by atoms with E-state index in [1.807, 2.05) is 62.4 Å². The van der Waals surface area contributed by atoms with Crippen LogP contribution in [0.25, 0.3) is 0 Å². The van der Waals surface area contributed by atoms with Crippen molar-refractivity contribution in [3.63, 3.8) is 0 Å². The first-order valence-corrected chi connectivity index (χ1v) is 11.5. The van der Waals surface area contributed by atoms with Crippen LogP contribution in [-0.2, 0) is 16.0 Å². The molecule has 0 spiro atoms. The number of carbonyl (C=O) groups excluding carboxylic acids is 1. The van der Waals surface area contributed by atoms with Crippen molar-refractivity contribution in [2.45, 2.75) is 83.2 Å². The summed E-state index contributed by atoms with van der Waals surface area (Å²) in [6.45, 7) is 3.68. The number of allylic oxidation sites excluding steroid dienone is 2. The van der Waals surface area contributed by atoms with Gasteiger partial charge in [-0.15, -0.1) is 0 Å². The van der Waals surface area contributed by atoms with Gasteiger partial charge in [0, 0.05) is 18.8 Å². The molecule has 0 saturated heterocycles. The van der Waals surface area contributed by atoms with E-state index in [1.165, 1.54) is 5.56 Å². The van der Waals surface area contributed by atoms with Crippen LogP contribution in [0.3, 0.4) is 0 Å². The van der Waals surface area contributed by atoms with Crippen LogP contribution in [0.5, 0.6) is 0 Å². The van der Waals surface area contributed by atoms with Crippen LogP contribution < -0.4 is 0 Å². The third kappa shape index (κ3) is 9.38. The second-order valence-corrected chi connectivity index (χ2v) is 8.73. The Labute approximate surface area is 186 Å². The van der Waals surface area contributed by atoms with E-state index in [4.69, 9.17) is 4.74 Å². The zero-order valence-electron chi connectivity index (χ0n) is 18.8. The number of unbranched alkanes of at least 4 members (excludes halogenated alkanes) is 1. The maximum absolute atomic E-state index is 11.5. The Kier molecular flexibility index (Phi) is 11.0. The minimum atomic E-state index is -0.600. The van der Waals surface area contributed by atoms with Gasteiger partial charge in [-0.05, 0) is 57.4 Å². The first-order valence-electron chi connectivity index (χ1n) is 11.5. The highest BCUT2D eigenvalue weighted by Gasteiger charge is 2.39. The van der Waals surface area contributed by atoms with E-state index in [1.54, 1.807) is 6.08 Å². The molecule has 172 valence electrons. The zero-order chi connectivity index (χ0) is 22.6. The summed E-state index contributed by atoms with van der Waals surface area (Å²) >= 11 is 0. The average molecular weight is 431 g/mol. The molecule has 1 aromatic carbocycles. The molecular formula is C26H38O5. The zero-order valence-corrected chi connectivity index (χ0v) is 18.8. The number of ether oxygens (including phenoxy) is 1. The van der Waals surface area contributed by atoms with Crippen molar-refractivity contribution in [2.24, 2.45) is 11.8 Å². The van der Waals surface area contributed by atoms with Crippen LogP contribution in [0.1, 0.15) is 57.9 Å². The molecule has 0 heterocycles. The molecule has 0 unspecified atom stereocenters. The molecule has 1 aromatic rings. The number of aliphatic hydroxyl groups excluding tert-OH is 3. The Balaban J connectivity index is 1.77. The van der Waals surface area contributed by atoms with Crippen LogP contribution in [0.4, 0.5) is 0 Å². The SMILES string of the molecule is CC(C)OC(=O)CCC/C=C\C[C@@H]1[C@@H](/C=C/[C@@H](O)CCc2ccccc2)[C@H](O)C[C@@H]1O. The fraction of sp³-hybridized carbons (Fsp3) is 0.577. The van der Waals surface area contributed by atoms with Gasteiger partial charge in [-0.25, -0.2) is 0 Å². The highest BCUT2D eigenvalue weighted by atomic mass is 16.5. The molecule has 1 fully saturated rings. The van der Waals surface area contributed by atoms with Crippen molar-refractivity contribution in [1.29, 1.82) is 0 Å². The minimum absolute atomic E-state index is 0.0743. The predicted octanol–water partition coefficient (Wildman–Crippen LogP) is 3.96. The Morgan fingerprint density at radius 1 is 1.16 bits per heavy atom. The third-order valence-electron chi connectivity index (χ3n) is 5.74. The topological polar surface area (TPSA) is 87.0 Å². The summed E-state index contributed by atoms with van der Waals surface area (Å²) in [5.41, 5.74) is 1.19. The van der Waals surface area contributed by atoms with E-state index in [0.29, 0.717) is 25.7 Å². The number of benzene rings is 1.